The van der Waals surface area contributed by atoms with E-state index in [9.17, 15) is 9.18 Å². The Labute approximate surface area is 145 Å². The van der Waals surface area contributed by atoms with E-state index < -0.39 is 11.7 Å². The van der Waals surface area contributed by atoms with E-state index in [0.29, 0.717) is 16.4 Å². The maximum absolute atomic E-state index is 13.2. The Balaban J connectivity index is 1.83. The lowest BCUT2D eigenvalue weighted by molar-refractivity contribution is 0.102. The second kappa shape index (κ2) is 6.90. The smallest absolute Gasteiger partial charge is 0.277 e. The number of aromatic nitrogens is 3. The van der Waals surface area contributed by atoms with Gasteiger partial charge in [-0.15, -0.1) is 11.3 Å². The van der Waals surface area contributed by atoms with E-state index >= 15 is 0 Å². The van der Waals surface area contributed by atoms with E-state index in [0.717, 1.165) is 5.01 Å². The van der Waals surface area contributed by atoms with Crippen molar-refractivity contribution in [3.8, 4) is 0 Å². The van der Waals surface area contributed by atoms with Crippen LogP contribution in [0.15, 0.2) is 36.9 Å². The minimum absolute atomic E-state index is 0.0676. The Hall–Kier alpha value is -2.58. The van der Waals surface area contributed by atoms with Gasteiger partial charge in [0, 0.05) is 5.69 Å². The van der Waals surface area contributed by atoms with Crippen LogP contribution in [0.1, 0.15) is 15.5 Å². The first kappa shape index (κ1) is 16.3. The molecule has 6 nitrogen and oxygen atoms in total. The van der Waals surface area contributed by atoms with E-state index in [1.54, 1.807) is 19.3 Å². The first-order valence-corrected chi connectivity index (χ1v) is 7.98. The molecule has 24 heavy (non-hydrogen) atoms. The van der Waals surface area contributed by atoms with Crippen LogP contribution in [0.25, 0.3) is 0 Å². The van der Waals surface area contributed by atoms with Crippen LogP contribution in [0.3, 0.4) is 0 Å². The summed E-state index contributed by atoms with van der Waals surface area (Å²) in [5.41, 5.74) is 1.24. The largest absolute Gasteiger partial charge is 0.343 e. The molecule has 0 radical (unpaired) electrons. The molecule has 1 amide bonds. The number of halogens is 2. The van der Waals surface area contributed by atoms with Crippen molar-refractivity contribution >= 4 is 45.2 Å². The van der Waals surface area contributed by atoms with Crippen molar-refractivity contribution in [1.82, 2.24) is 15.0 Å². The highest BCUT2D eigenvalue weighted by atomic mass is 35.5. The van der Waals surface area contributed by atoms with Gasteiger partial charge in [0.05, 0.1) is 28.1 Å². The number of rotatable bonds is 4. The van der Waals surface area contributed by atoms with Crippen LogP contribution in [-0.2, 0) is 0 Å². The predicted octanol–water partition coefficient (Wildman–Crippen LogP) is 4.03. The summed E-state index contributed by atoms with van der Waals surface area (Å²) in [4.78, 5) is 24.5. The molecule has 0 saturated heterocycles. The molecule has 122 valence electrons. The standard InChI is InChI=1S/C15H11ClFN5OS/c1-8-20-13(15(24-8)22-10-5-18-7-19-6-10)14(23)21-9-2-3-12(17)11(16)4-9/h2-7,22H,1H3,(H,21,23). The van der Waals surface area contributed by atoms with Crippen molar-refractivity contribution in [2.75, 3.05) is 10.6 Å². The number of aryl methyl sites for hydroxylation is 1. The molecule has 0 atom stereocenters. The lowest BCUT2D eigenvalue weighted by Crippen LogP contribution is -2.14. The normalized spacial score (nSPS) is 10.5. The van der Waals surface area contributed by atoms with Crippen molar-refractivity contribution in [3.05, 3.63) is 58.5 Å². The zero-order valence-electron chi connectivity index (χ0n) is 12.4. The van der Waals surface area contributed by atoms with E-state index in [-0.39, 0.29) is 10.7 Å². The number of nitrogens with one attached hydrogen (secondary N) is 2. The quantitative estimate of drug-likeness (QED) is 0.731. The number of thiazole rings is 1. The molecular formula is C15H11ClFN5OS. The van der Waals surface area contributed by atoms with Gasteiger partial charge in [-0.25, -0.2) is 19.3 Å². The number of hydrogen-bond acceptors (Lipinski definition) is 6. The fourth-order valence-electron chi connectivity index (χ4n) is 1.92. The van der Waals surface area contributed by atoms with Crippen LogP contribution in [0, 0.1) is 12.7 Å². The van der Waals surface area contributed by atoms with Gasteiger partial charge in [-0.3, -0.25) is 4.79 Å². The number of amides is 1. The maximum atomic E-state index is 13.2. The molecule has 3 aromatic rings. The fraction of sp³-hybridized carbons (Fsp3) is 0.0667. The van der Waals surface area contributed by atoms with Crippen molar-refractivity contribution in [3.63, 3.8) is 0 Å². The van der Waals surface area contributed by atoms with E-state index in [2.05, 4.69) is 25.6 Å². The SMILES string of the molecule is Cc1nc(C(=O)Nc2ccc(F)c(Cl)c2)c(Nc2cncnc2)s1. The summed E-state index contributed by atoms with van der Waals surface area (Å²) in [6.07, 6.45) is 4.59. The van der Waals surface area contributed by atoms with Crippen LogP contribution < -0.4 is 10.6 Å². The summed E-state index contributed by atoms with van der Waals surface area (Å²) in [6, 6.07) is 3.95. The highest BCUT2D eigenvalue weighted by Gasteiger charge is 2.18. The molecule has 0 bridgehead atoms. The topological polar surface area (TPSA) is 79.8 Å². The zero-order valence-corrected chi connectivity index (χ0v) is 14.0. The Morgan fingerprint density at radius 2 is 2.00 bits per heavy atom. The van der Waals surface area contributed by atoms with Crippen molar-refractivity contribution < 1.29 is 9.18 Å². The fourth-order valence-corrected chi connectivity index (χ4v) is 2.94. The lowest BCUT2D eigenvalue weighted by Gasteiger charge is -2.07. The molecule has 0 saturated carbocycles. The molecule has 0 unspecified atom stereocenters. The monoisotopic (exact) mass is 363 g/mol. The van der Waals surface area contributed by atoms with Gasteiger partial charge in [0.15, 0.2) is 5.69 Å². The first-order chi connectivity index (χ1) is 11.5. The molecule has 1 aromatic carbocycles. The molecule has 0 fully saturated rings. The first-order valence-electron chi connectivity index (χ1n) is 6.79. The van der Waals surface area contributed by atoms with Crippen molar-refractivity contribution in [1.29, 1.82) is 0 Å². The van der Waals surface area contributed by atoms with Gasteiger partial charge in [-0.05, 0) is 25.1 Å². The molecule has 2 aromatic heterocycles. The Morgan fingerprint density at radius 1 is 1.25 bits per heavy atom. The second-order valence-electron chi connectivity index (χ2n) is 4.75. The second-order valence-corrected chi connectivity index (χ2v) is 6.36. The van der Waals surface area contributed by atoms with Gasteiger partial charge < -0.3 is 10.6 Å². The van der Waals surface area contributed by atoms with E-state index in [4.69, 9.17) is 11.6 Å². The third kappa shape index (κ3) is 3.66. The lowest BCUT2D eigenvalue weighted by atomic mass is 10.3. The molecule has 0 spiro atoms. The summed E-state index contributed by atoms with van der Waals surface area (Å²) in [5, 5.41) is 6.93. The molecule has 3 rings (SSSR count). The minimum Gasteiger partial charge on any atom is -0.343 e. The van der Waals surface area contributed by atoms with Crippen molar-refractivity contribution in [2.45, 2.75) is 6.92 Å². The Kier molecular flexibility index (Phi) is 4.68. The van der Waals surface area contributed by atoms with Gasteiger partial charge in [0.1, 0.15) is 17.1 Å². The van der Waals surface area contributed by atoms with E-state index in [1.165, 1.54) is 35.9 Å². The van der Waals surface area contributed by atoms with Crippen LogP contribution >= 0.6 is 22.9 Å². The van der Waals surface area contributed by atoms with Gasteiger partial charge in [-0.2, -0.15) is 0 Å². The van der Waals surface area contributed by atoms with Gasteiger partial charge in [0.2, 0.25) is 0 Å². The highest BCUT2D eigenvalue weighted by Crippen LogP contribution is 2.28. The molecular weight excluding hydrogens is 353 g/mol. The minimum atomic E-state index is -0.550. The van der Waals surface area contributed by atoms with Gasteiger partial charge in [0.25, 0.3) is 5.91 Å². The number of nitrogens with zero attached hydrogens (tertiary/aromatic N) is 3. The number of carbonyl (C=O) groups excluding carboxylic acids is 1. The third-order valence-corrected chi connectivity index (χ3v) is 4.12. The number of hydrogen-bond donors (Lipinski definition) is 2. The zero-order chi connectivity index (χ0) is 17.1. The van der Waals surface area contributed by atoms with Crippen LogP contribution in [-0.4, -0.2) is 20.9 Å². The number of benzene rings is 1. The molecule has 9 heteroatoms. The summed E-state index contributed by atoms with van der Waals surface area (Å²) >= 11 is 7.05. The van der Waals surface area contributed by atoms with Crippen LogP contribution in [0.5, 0.6) is 0 Å². The van der Waals surface area contributed by atoms with Gasteiger partial charge in [-0.1, -0.05) is 11.6 Å². The summed E-state index contributed by atoms with van der Waals surface area (Å²) in [5.74, 6) is -0.980. The maximum Gasteiger partial charge on any atom is 0.277 e. The summed E-state index contributed by atoms with van der Waals surface area (Å²) in [7, 11) is 0. The Bertz CT molecular complexity index is 887. The van der Waals surface area contributed by atoms with Gasteiger partial charge >= 0.3 is 0 Å². The summed E-state index contributed by atoms with van der Waals surface area (Å²) < 4.78 is 13.2. The van der Waals surface area contributed by atoms with Crippen LogP contribution in [0.4, 0.5) is 20.8 Å². The van der Waals surface area contributed by atoms with Crippen LogP contribution in [0.2, 0.25) is 5.02 Å². The third-order valence-electron chi connectivity index (χ3n) is 2.95. The molecule has 0 aliphatic heterocycles. The highest BCUT2D eigenvalue weighted by molar-refractivity contribution is 7.16. The number of anilines is 3. The molecule has 0 aliphatic carbocycles. The average molecular weight is 364 g/mol. The predicted molar refractivity (Wildman–Crippen MR) is 91.5 cm³/mol. The van der Waals surface area contributed by atoms with E-state index in [1.807, 2.05) is 0 Å². The molecule has 2 heterocycles. The van der Waals surface area contributed by atoms with Crippen molar-refractivity contribution in [2.24, 2.45) is 0 Å². The average Bonchev–Trinajstić information content (AvgIpc) is 2.92. The summed E-state index contributed by atoms with van der Waals surface area (Å²) in [6.45, 7) is 1.79. The Morgan fingerprint density at radius 3 is 2.71 bits per heavy atom. The molecule has 2 N–H and O–H groups in total. The number of carbonyl (C=O) groups is 1. The molecule has 0 aliphatic rings.